The average molecular weight is 359 g/mol. The maximum Gasteiger partial charge on any atom is 0.239 e. The highest BCUT2D eigenvalue weighted by molar-refractivity contribution is 6.30. The largest absolute Gasteiger partial charge is 0.341 e. The number of aryl methyl sites for hydroxylation is 1. The molecule has 0 spiro atoms. The van der Waals surface area contributed by atoms with Gasteiger partial charge in [0.15, 0.2) is 0 Å². The molecule has 0 unspecified atom stereocenters. The third kappa shape index (κ3) is 4.60. The van der Waals surface area contributed by atoms with Crippen LogP contribution in [0.3, 0.4) is 0 Å². The lowest BCUT2D eigenvalue weighted by molar-refractivity contribution is -0.145. The first kappa shape index (κ1) is 19.0. The topological polar surface area (TPSA) is 49.4 Å². The van der Waals surface area contributed by atoms with Crippen LogP contribution in [0.1, 0.15) is 25.0 Å². The molecule has 0 aromatic heterocycles. The van der Waals surface area contributed by atoms with E-state index in [0.717, 1.165) is 11.1 Å². The Balaban J connectivity index is 2.10. The van der Waals surface area contributed by atoms with Crippen LogP contribution in [0.4, 0.5) is 5.69 Å². The fraction of sp³-hybridized carbons (Fsp3) is 0.300. The second-order valence-electron chi connectivity index (χ2n) is 6.69. The van der Waals surface area contributed by atoms with Gasteiger partial charge in [0.2, 0.25) is 11.8 Å². The summed E-state index contributed by atoms with van der Waals surface area (Å²) in [5.41, 5.74) is 1.33. The molecule has 0 fully saturated rings. The number of nitrogens with zero attached hydrogens (tertiary/aromatic N) is 1. The van der Waals surface area contributed by atoms with Gasteiger partial charge in [-0.3, -0.25) is 9.59 Å². The number of nitrogens with one attached hydrogen (secondary N) is 1. The van der Waals surface area contributed by atoms with Gasteiger partial charge in [0.25, 0.3) is 0 Å². The molecule has 2 aromatic rings. The van der Waals surface area contributed by atoms with Gasteiger partial charge < -0.3 is 10.2 Å². The SMILES string of the molecule is Cc1cc(Cl)ccc1NC(=O)C(C)(C)C(=O)N(C)Cc1ccccc1. The molecule has 0 atom stereocenters. The maximum absolute atomic E-state index is 12.8. The Labute approximate surface area is 153 Å². The first-order valence-corrected chi connectivity index (χ1v) is 8.46. The van der Waals surface area contributed by atoms with Gasteiger partial charge >= 0.3 is 0 Å². The zero-order valence-electron chi connectivity index (χ0n) is 15.0. The van der Waals surface area contributed by atoms with Crippen molar-refractivity contribution in [1.82, 2.24) is 4.90 Å². The third-order valence-electron chi connectivity index (χ3n) is 4.15. The summed E-state index contributed by atoms with van der Waals surface area (Å²) >= 11 is 5.94. The van der Waals surface area contributed by atoms with Crippen molar-refractivity contribution in [3.05, 3.63) is 64.7 Å². The molecule has 0 heterocycles. The first-order chi connectivity index (χ1) is 11.7. The molecule has 0 aliphatic heterocycles. The molecule has 5 heteroatoms. The van der Waals surface area contributed by atoms with Crippen LogP contribution in [0, 0.1) is 12.3 Å². The highest BCUT2D eigenvalue weighted by Crippen LogP contribution is 2.25. The molecule has 25 heavy (non-hydrogen) atoms. The number of carbonyl (C=O) groups excluding carboxylic acids is 2. The van der Waals surface area contributed by atoms with Crippen molar-refractivity contribution in [2.75, 3.05) is 12.4 Å². The van der Waals surface area contributed by atoms with Crippen LogP contribution in [0.15, 0.2) is 48.5 Å². The smallest absolute Gasteiger partial charge is 0.239 e. The van der Waals surface area contributed by atoms with Crippen LogP contribution in [0.2, 0.25) is 5.02 Å². The summed E-state index contributed by atoms with van der Waals surface area (Å²) in [5, 5.41) is 3.44. The lowest BCUT2D eigenvalue weighted by atomic mass is 9.90. The van der Waals surface area contributed by atoms with Crippen molar-refractivity contribution in [3.63, 3.8) is 0 Å². The average Bonchev–Trinajstić information content (AvgIpc) is 2.57. The summed E-state index contributed by atoms with van der Waals surface area (Å²) in [5.74, 6) is -0.580. The van der Waals surface area contributed by atoms with Crippen LogP contribution in [-0.4, -0.2) is 23.8 Å². The summed E-state index contributed by atoms with van der Waals surface area (Å²) < 4.78 is 0. The van der Waals surface area contributed by atoms with Crippen molar-refractivity contribution in [2.45, 2.75) is 27.3 Å². The normalized spacial score (nSPS) is 11.1. The van der Waals surface area contributed by atoms with Crippen LogP contribution in [0.25, 0.3) is 0 Å². The Morgan fingerprint density at radius 2 is 1.76 bits per heavy atom. The lowest BCUT2D eigenvalue weighted by Gasteiger charge is -2.28. The molecule has 0 saturated carbocycles. The van der Waals surface area contributed by atoms with Gasteiger partial charge in [-0.2, -0.15) is 0 Å². The summed E-state index contributed by atoms with van der Waals surface area (Å²) in [6, 6.07) is 14.9. The number of halogens is 1. The van der Waals surface area contributed by atoms with E-state index in [2.05, 4.69) is 5.32 Å². The van der Waals surface area contributed by atoms with Crippen molar-refractivity contribution in [1.29, 1.82) is 0 Å². The van der Waals surface area contributed by atoms with Crippen LogP contribution >= 0.6 is 11.6 Å². The van der Waals surface area contributed by atoms with E-state index in [1.165, 1.54) is 0 Å². The van der Waals surface area contributed by atoms with E-state index in [1.54, 1.807) is 44.0 Å². The van der Waals surface area contributed by atoms with E-state index in [1.807, 2.05) is 37.3 Å². The van der Waals surface area contributed by atoms with Gasteiger partial charge in [0, 0.05) is 24.3 Å². The molecule has 0 aliphatic carbocycles. The maximum atomic E-state index is 12.8. The summed E-state index contributed by atoms with van der Waals surface area (Å²) in [4.78, 5) is 27.0. The minimum Gasteiger partial charge on any atom is -0.341 e. The van der Waals surface area contributed by atoms with E-state index in [9.17, 15) is 9.59 Å². The standard InChI is InChI=1S/C20H23ClN2O2/c1-14-12-16(21)10-11-17(14)22-18(24)20(2,3)19(25)23(4)13-15-8-6-5-7-9-15/h5-12H,13H2,1-4H3,(H,22,24). The highest BCUT2D eigenvalue weighted by atomic mass is 35.5. The molecule has 2 aromatic carbocycles. The van der Waals surface area contributed by atoms with Crippen molar-refractivity contribution in [2.24, 2.45) is 5.41 Å². The van der Waals surface area contributed by atoms with Gasteiger partial charge in [0.1, 0.15) is 5.41 Å². The molecule has 4 nitrogen and oxygen atoms in total. The second kappa shape index (κ2) is 7.70. The predicted molar refractivity (Wildman–Crippen MR) is 102 cm³/mol. The van der Waals surface area contributed by atoms with E-state index < -0.39 is 5.41 Å². The molecule has 0 bridgehead atoms. The number of benzene rings is 2. The number of hydrogen-bond donors (Lipinski definition) is 1. The van der Waals surface area contributed by atoms with Gasteiger partial charge in [-0.25, -0.2) is 0 Å². The number of carbonyl (C=O) groups is 2. The van der Waals surface area contributed by atoms with Crippen molar-refractivity contribution >= 4 is 29.1 Å². The second-order valence-corrected chi connectivity index (χ2v) is 7.12. The molecule has 2 amide bonds. The molecule has 0 aliphatic rings. The Morgan fingerprint density at radius 3 is 2.36 bits per heavy atom. The molecule has 132 valence electrons. The van der Waals surface area contributed by atoms with Crippen molar-refractivity contribution in [3.8, 4) is 0 Å². The first-order valence-electron chi connectivity index (χ1n) is 8.09. The van der Waals surface area contributed by atoms with Gasteiger partial charge in [0.05, 0.1) is 0 Å². The number of anilines is 1. The molecular formula is C20H23ClN2O2. The quantitative estimate of drug-likeness (QED) is 0.811. The van der Waals surface area contributed by atoms with E-state index in [0.29, 0.717) is 17.3 Å². The minimum absolute atomic E-state index is 0.236. The zero-order chi connectivity index (χ0) is 18.6. The molecular weight excluding hydrogens is 336 g/mol. The van der Waals surface area contributed by atoms with Crippen LogP contribution in [0.5, 0.6) is 0 Å². The van der Waals surface area contributed by atoms with Crippen molar-refractivity contribution < 1.29 is 9.59 Å². The monoisotopic (exact) mass is 358 g/mol. The van der Waals surface area contributed by atoms with Crippen LogP contribution < -0.4 is 5.32 Å². The summed E-state index contributed by atoms with van der Waals surface area (Å²) in [6.45, 7) is 5.59. The Bertz CT molecular complexity index is 773. The van der Waals surface area contributed by atoms with Crippen LogP contribution in [-0.2, 0) is 16.1 Å². The molecule has 2 rings (SSSR count). The fourth-order valence-corrected chi connectivity index (χ4v) is 2.78. The highest BCUT2D eigenvalue weighted by Gasteiger charge is 2.38. The zero-order valence-corrected chi connectivity index (χ0v) is 15.7. The molecule has 1 N–H and O–H groups in total. The molecule has 0 saturated heterocycles. The fourth-order valence-electron chi connectivity index (χ4n) is 2.55. The summed E-state index contributed by atoms with van der Waals surface area (Å²) in [6.07, 6.45) is 0. The predicted octanol–water partition coefficient (Wildman–Crippen LogP) is 4.27. The number of amides is 2. The third-order valence-corrected chi connectivity index (χ3v) is 4.38. The summed E-state index contributed by atoms with van der Waals surface area (Å²) in [7, 11) is 1.71. The number of rotatable bonds is 5. The van der Waals surface area contributed by atoms with E-state index >= 15 is 0 Å². The Morgan fingerprint density at radius 1 is 1.12 bits per heavy atom. The Kier molecular flexibility index (Phi) is 5.85. The van der Waals surface area contributed by atoms with Gasteiger partial charge in [-0.1, -0.05) is 41.9 Å². The van der Waals surface area contributed by atoms with Gasteiger partial charge in [-0.15, -0.1) is 0 Å². The van der Waals surface area contributed by atoms with E-state index in [-0.39, 0.29) is 11.8 Å². The lowest BCUT2D eigenvalue weighted by Crippen LogP contribution is -2.45. The Hall–Kier alpha value is -2.33. The minimum atomic E-state index is -1.18. The van der Waals surface area contributed by atoms with Gasteiger partial charge in [-0.05, 0) is 50.1 Å². The number of hydrogen-bond acceptors (Lipinski definition) is 2. The van der Waals surface area contributed by atoms with E-state index in [4.69, 9.17) is 11.6 Å². The molecule has 0 radical (unpaired) electrons.